The average Bonchev–Trinajstić information content (AvgIpc) is 3.03. The Morgan fingerprint density at radius 2 is 1.56 bits per heavy atom. The third kappa shape index (κ3) is 4.87. The molecule has 0 spiro atoms. The Hall–Kier alpha value is -2.75. The van der Waals surface area contributed by atoms with Crippen molar-refractivity contribution in [1.82, 2.24) is 19.4 Å². The molecule has 1 N–H and O–H groups in total. The van der Waals surface area contributed by atoms with E-state index in [9.17, 15) is 18.0 Å². The molecule has 3 amide bonds. The molecular formula is C25H32N4O4S. The fourth-order valence-electron chi connectivity index (χ4n) is 4.45. The molecule has 0 aliphatic carbocycles. The topological polar surface area (TPSA) is 90.0 Å². The van der Waals surface area contributed by atoms with Crippen LogP contribution in [-0.2, 0) is 26.1 Å². The van der Waals surface area contributed by atoms with Gasteiger partial charge < -0.3 is 5.32 Å². The van der Waals surface area contributed by atoms with Crippen LogP contribution in [0, 0.1) is 0 Å². The summed E-state index contributed by atoms with van der Waals surface area (Å²) >= 11 is 0. The molecule has 2 saturated heterocycles. The third-order valence-corrected chi connectivity index (χ3v) is 8.54. The van der Waals surface area contributed by atoms with E-state index in [0.717, 1.165) is 11.1 Å². The third-order valence-electron chi connectivity index (χ3n) is 6.69. The number of sulfonamides is 1. The van der Waals surface area contributed by atoms with Gasteiger partial charge in [0.2, 0.25) is 10.0 Å². The van der Waals surface area contributed by atoms with Crippen molar-refractivity contribution in [2.75, 3.05) is 32.8 Å². The van der Waals surface area contributed by atoms with Crippen molar-refractivity contribution >= 4 is 22.0 Å². The van der Waals surface area contributed by atoms with Gasteiger partial charge in [0.1, 0.15) is 5.54 Å². The molecule has 2 heterocycles. The molecule has 1 atom stereocenters. The van der Waals surface area contributed by atoms with Crippen LogP contribution in [0.5, 0.6) is 0 Å². The zero-order valence-electron chi connectivity index (χ0n) is 19.9. The minimum Gasteiger partial charge on any atom is -0.319 e. The zero-order chi connectivity index (χ0) is 24.5. The van der Waals surface area contributed by atoms with Crippen LogP contribution in [-0.4, -0.2) is 67.3 Å². The molecule has 0 saturated carbocycles. The molecule has 9 heteroatoms. The summed E-state index contributed by atoms with van der Waals surface area (Å²) in [5.74, 6) is 0.0470. The highest BCUT2D eigenvalue weighted by Crippen LogP contribution is 2.30. The maximum Gasteiger partial charge on any atom is 0.326 e. The fourth-order valence-corrected chi connectivity index (χ4v) is 5.96. The molecule has 2 aliphatic heterocycles. The first-order chi connectivity index (χ1) is 16.1. The van der Waals surface area contributed by atoms with Crippen molar-refractivity contribution in [2.24, 2.45) is 0 Å². The molecule has 4 rings (SSSR count). The van der Waals surface area contributed by atoms with Crippen molar-refractivity contribution < 1.29 is 18.0 Å². The second-order valence-electron chi connectivity index (χ2n) is 9.47. The van der Waals surface area contributed by atoms with E-state index in [1.54, 1.807) is 19.1 Å². The smallest absolute Gasteiger partial charge is 0.319 e. The first-order valence-electron chi connectivity index (χ1n) is 11.6. The standard InChI is InChI=1S/C25H32N4O4S/c1-19(2)21-9-11-22(12-10-21)25(3)23(30)29(24(31)26-25)18-27-13-15-28(16-14-27)34(32,33)17-20-7-5-4-6-8-20/h4-12,19H,13-18H2,1-3H3,(H,26,31). The molecule has 34 heavy (non-hydrogen) atoms. The normalized spacial score (nSPS) is 22.4. The van der Waals surface area contributed by atoms with Gasteiger partial charge in [0.05, 0.1) is 12.4 Å². The van der Waals surface area contributed by atoms with Crippen molar-refractivity contribution in [3.8, 4) is 0 Å². The van der Waals surface area contributed by atoms with Crippen LogP contribution in [0.2, 0.25) is 0 Å². The number of rotatable bonds is 7. The first-order valence-corrected chi connectivity index (χ1v) is 13.2. The molecule has 0 radical (unpaired) electrons. The van der Waals surface area contributed by atoms with Crippen LogP contribution < -0.4 is 5.32 Å². The predicted molar refractivity (Wildman–Crippen MR) is 130 cm³/mol. The summed E-state index contributed by atoms with van der Waals surface area (Å²) in [6.45, 7) is 7.62. The zero-order valence-corrected chi connectivity index (χ0v) is 20.7. The summed E-state index contributed by atoms with van der Waals surface area (Å²) in [6.07, 6.45) is 0. The minimum absolute atomic E-state index is 0.0329. The van der Waals surface area contributed by atoms with E-state index >= 15 is 0 Å². The van der Waals surface area contributed by atoms with Crippen LogP contribution >= 0.6 is 0 Å². The predicted octanol–water partition coefficient (Wildman–Crippen LogP) is 2.68. The molecule has 2 aliphatic rings. The van der Waals surface area contributed by atoms with E-state index in [2.05, 4.69) is 19.2 Å². The Morgan fingerprint density at radius 3 is 2.15 bits per heavy atom. The average molecular weight is 485 g/mol. The van der Waals surface area contributed by atoms with Crippen LogP contribution in [0.4, 0.5) is 4.79 Å². The highest BCUT2D eigenvalue weighted by molar-refractivity contribution is 7.88. The maximum absolute atomic E-state index is 13.3. The lowest BCUT2D eigenvalue weighted by Gasteiger charge is -2.35. The number of carbonyl (C=O) groups is 2. The summed E-state index contributed by atoms with van der Waals surface area (Å²) in [4.78, 5) is 29.1. The number of carbonyl (C=O) groups excluding carboxylic acids is 2. The fraction of sp³-hybridized carbons (Fsp3) is 0.440. The molecule has 2 aromatic carbocycles. The number of imide groups is 1. The van der Waals surface area contributed by atoms with Crippen LogP contribution in [0.15, 0.2) is 54.6 Å². The van der Waals surface area contributed by atoms with Gasteiger partial charge in [-0.2, -0.15) is 4.31 Å². The van der Waals surface area contributed by atoms with E-state index in [1.807, 2.05) is 47.4 Å². The molecule has 2 aromatic rings. The molecule has 8 nitrogen and oxygen atoms in total. The van der Waals surface area contributed by atoms with Gasteiger partial charge in [-0.3, -0.25) is 9.69 Å². The van der Waals surface area contributed by atoms with Crippen molar-refractivity contribution in [3.05, 3.63) is 71.3 Å². The van der Waals surface area contributed by atoms with Gasteiger partial charge in [0.15, 0.2) is 0 Å². The van der Waals surface area contributed by atoms with Gasteiger partial charge >= 0.3 is 6.03 Å². The second kappa shape index (κ2) is 9.48. The number of hydrogen-bond donors (Lipinski definition) is 1. The summed E-state index contributed by atoms with van der Waals surface area (Å²) < 4.78 is 27.1. The summed E-state index contributed by atoms with van der Waals surface area (Å²) in [6, 6.07) is 16.5. The summed E-state index contributed by atoms with van der Waals surface area (Å²) in [7, 11) is -3.43. The van der Waals surface area contributed by atoms with E-state index in [1.165, 1.54) is 14.8 Å². The van der Waals surface area contributed by atoms with Gasteiger partial charge in [0.25, 0.3) is 5.91 Å². The van der Waals surface area contributed by atoms with Gasteiger partial charge in [-0.05, 0) is 29.5 Å². The lowest BCUT2D eigenvalue weighted by atomic mass is 9.90. The molecule has 1 unspecified atom stereocenters. The van der Waals surface area contributed by atoms with E-state index in [0.29, 0.717) is 32.1 Å². The molecule has 0 aromatic heterocycles. The van der Waals surface area contributed by atoms with E-state index in [-0.39, 0.29) is 18.3 Å². The van der Waals surface area contributed by atoms with Gasteiger partial charge in [0, 0.05) is 26.2 Å². The Bertz CT molecular complexity index is 1140. The Labute approximate surface area is 201 Å². The first kappa shape index (κ1) is 24.4. The van der Waals surface area contributed by atoms with E-state index < -0.39 is 21.6 Å². The minimum atomic E-state index is -3.43. The van der Waals surface area contributed by atoms with E-state index in [4.69, 9.17) is 0 Å². The molecular weight excluding hydrogens is 452 g/mol. The quantitative estimate of drug-likeness (QED) is 0.611. The second-order valence-corrected chi connectivity index (χ2v) is 11.4. The lowest BCUT2D eigenvalue weighted by Crippen LogP contribution is -2.53. The highest BCUT2D eigenvalue weighted by Gasteiger charge is 2.49. The number of urea groups is 1. The van der Waals surface area contributed by atoms with Crippen molar-refractivity contribution in [1.29, 1.82) is 0 Å². The summed E-state index contributed by atoms with van der Waals surface area (Å²) in [5.41, 5.74) is 1.55. The number of nitrogens with one attached hydrogen (secondary N) is 1. The maximum atomic E-state index is 13.3. The van der Waals surface area contributed by atoms with Crippen molar-refractivity contribution in [2.45, 2.75) is 38.0 Å². The Balaban J connectivity index is 1.37. The number of nitrogens with zero attached hydrogens (tertiary/aromatic N) is 3. The Morgan fingerprint density at radius 1 is 0.941 bits per heavy atom. The van der Waals surface area contributed by atoms with Gasteiger partial charge in [-0.15, -0.1) is 0 Å². The number of amides is 3. The number of hydrogen-bond acceptors (Lipinski definition) is 5. The number of benzene rings is 2. The van der Waals surface area contributed by atoms with Gasteiger partial charge in [-0.1, -0.05) is 68.4 Å². The van der Waals surface area contributed by atoms with Gasteiger partial charge in [-0.25, -0.2) is 18.1 Å². The highest BCUT2D eigenvalue weighted by atomic mass is 32.2. The largest absolute Gasteiger partial charge is 0.326 e. The van der Waals surface area contributed by atoms with Crippen LogP contribution in [0.25, 0.3) is 0 Å². The molecule has 182 valence electrons. The molecule has 0 bridgehead atoms. The van der Waals surface area contributed by atoms with Crippen LogP contribution in [0.1, 0.15) is 43.4 Å². The number of piperazine rings is 1. The Kier molecular flexibility index (Phi) is 6.80. The van der Waals surface area contributed by atoms with Crippen LogP contribution in [0.3, 0.4) is 0 Å². The monoisotopic (exact) mass is 484 g/mol. The van der Waals surface area contributed by atoms with Crippen molar-refractivity contribution in [3.63, 3.8) is 0 Å². The SMILES string of the molecule is CC(C)c1ccc(C2(C)NC(=O)N(CN3CCN(S(=O)(=O)Cc4ccccc4)CC3)C2=O)cc1. The lowest BCUT2D eigenvalue weighted by molar-refractivity contribution is -0.132. The molecule has 2 fully saturated rings. The summed E-state index contributed by atoms with van der Waals surface area (Å²) in [5, 5.41) is 2.85.